The van der Waals surface area contributed by atoms with Crippen molar-refractivity contribution in [1.82, 2.24) is 4.98 Å². The van der Waals surface area contributed by atoms with Crippen LogP contribution >= 0.6 is 11.6 Å². The fraction of sp³-hybridized carbons (Fsp3) is 0.0500. The molecule has 0 radical (unpaired) electrons. The average molecular weight is 372 g/mol. The number of halogens is 3. The highest BCUT2D eigenvalue weighted by Gasteiger charge is 2.12. The van der Waals surface area contributed by atoms with Crippen molar-refractivity contribution < 1.29 is 13.5 Å². The van der Waals surface area contributed by atoms with Crippen molar-refractivity contribution in [3.63, 3.8) is 0 Å². The maximum absolute atomic E-state index is 14.0. The van der Waals surface area contributed by atoms with Crippen LogP contribution in [0.3, 0.4) is 0 Å². The second kappa shape index (κ2) is 6.42. The fourth-order valence-electron chi connectivity index (χ4n) is 2.84. The first-order valence-corrected chi connectivity index (χ1v) is 8.21. The molecular weight excluding hydrogens is 360 g/mol. The van der Waals surface area contributed by atoms with Gasteiger partial charge in [0.1, 0.15) is 24.0 Å². The molecule has 0 bridgehead atoms. The van der Waals surface area contributed by atoms with Gasteiger partial charge in [-0.3, -0.25) is 4.79 Å². The third-order valence-corrected chi connectivity index (χ3v) is 4.36. The molecule has 3 nitrogen and oxygen atoms in total. The van der Waals surface area contributed by atoms with Gasteiger partial charge in [0.2, 0.25) is 0 Å². The Labute approximate surface area is 151 Å². The number of hydrogen-bond donors (Lipinski definition) is 1. The van der Waals surface area contributed by atoms with Crippen LogP contribution in [0.5, 0.6) is 5.75 Å². The standard InChI is InChI=1S/C20H12ClF2NO2/c21-12-3-1-11(2-4-12)10-26-14-5-6-17-15(9-14)20(25)19-16(23)7-13(22)8-18(19)24-17/h1-9H,10H2,(H,24,25). The smallest absolute Gasteiger partial charge is 0.200 e. The van der Waals surface area contributed by atoms with Gasteiger partial charge >= 0.3 is 0 Å². The summed E-state index contributed by atoms with van der Waals surface area (Å²) in [5.74, 6) is -1.16. The zero-order valence-electron chi connectivity index (χ0n) is 13.4. The summed E-state index contributed by atoms with van der Waals surface area (Å²) in [6.45, 7) is 0.299. The number of ether oxygens (including phenoxy) is 1. The Bertz CT molecular complexity index is 1190. The van der Waals surface area contributed by atoms with Crippen molar-refractivity contribution in [2.75, 3.05) is 0 Å². The molecular formula is C20H12ClF2NO2. The Balaban J connectivity index is 1.74. The topological polar surface area (TPSA) is 42.1 Å². The van der Waals surface area contributed by atoms with Crippen molar-refractivity contribution in [1.29, 1.82) is 0 Å². The second-order valence-electron chi connectivity index (χ2n) is 5.89. The first-order chi connectivity index (χ1) is 12.5. The number of aromatic nitrogens is 1. The summed E-state index contributed by atoms with van der Waals surface area (Å²) in [5.41, 5.74) is 1.01. The van der Waals surface area contributed by atoms with Crippen molar-refractivity contribution in [3.05, 3.63) is 87.0 Å². The number of rotatable bonds is 3. The molecule has 26 heavy (non-hydrogen) atoms. The Morgan fingerprint density at radius 2 is 1.73 bits per heavy atom. The minimum Gasteiger partial charge on any atom is -0.489 e. The largest absolute Gasteiger partial charge is 0.489 e. The molecule has 0 saturated carbocycles. The highest BCUT2D eigenvalue weighted by Crippen LogP contribution is 2.23. The SMILES string of the molecule is O=c1c2cc(OCc3ccc(Cl)cc3)ccc2[nH]c2cc(F)cc(F)c12. The molecule has 6 heteroatoms. The van der Waals surface area contributed by atoms with Crippen molar-refractivity contribution in [2.45, 2.75) is 6.61 Å². The summed E-state index contributed by atoms with van der Waals surface area (Å²) in [7, 11) is 0. The lowest BCUT2D eigenvalue weighted by molar-refractivity contribution is 0.306. The van der Waals surface area contributed by atoms with Gasteiger partial charge in [-0.15, -0.1) is 0 Å². The highest BCUT2D eigenvalue weighted by molar-refractivity contribution is 6.30. The number of benzene rings is 3. The van der Waals surface area contributed by atoms with Crippen molar-refractivity contribution >= 4 is 33.4 Å². The van der Waals surface area contributed by atoms with Crippen LogP contribution in [0, 0.1) is 11.6 Å². The molecule has 0 aliphatic rings. The summed E-state index contributed by atoms with van der Waals surface area (Å²) >= 11 is 5.85. The monoisotopic (exact) mass is 371 g/mol. The van der Waals surface area contributed by atoms with Crippen LogP contribution in [-0.2, 0) is 6.61 Å². The zero-order chi connectivity index (χ0) is 18.3. The van der Waals surface area contributed by atoms with Gasteiger partial charge in [-0.2, -0.15) is 0 Å². The van der Waals surface area contributed by atoms with E-state index in [2.05, 4.69) is 4.98 Å². The molecule has 0 unspecified atom stereocenters. The van der Waals surface area contributed by atoms with Gasteiger partial charge < -0.3 is 9.72 Å². The fourth-order valence-corrected chi connectivity index (χ4v) is 2.97. The van der Waals surface area contributed by atoms with E-state index in [9.17, 15) is 13.6 Å². The van der Waals surface area contributed by atoms with Crippen LogP contribution in [-0.4, -0.2) is 4.98 Å². The lowest BCUT2D eigenvalue weighted by Crippen LogP contribution is -2.07. The Hall–Kier alpha value is -2.92. The van der Waals surface area contributed by atoms with Gasteiger partial charge in [0.15, 0.2) is 5.43 Å². The maximum atomic E-state index is 14.0. The average Bonchev–Trinajstić information content (AvgIpc) is 2.61. The van der Waals surface area contributed by atoms with E-state index in [1.807, 2.05) is 12.1 Å². The molecule has 0 saturated heterocycles. The van der Waals surface area contributed by atoms with Gasteiger partial charge in [0.25, 0.3) is 0 Å². The van der Waals surface area contributed by atoms with Crippen molar-refractivity contribution in [2.24, 2.45) is 0 Å². The summed E-state index contributed by atoms with van der Waals surface area (Å²) in [5, 5.41) is 0.738. The zero-order valence-corrected chi connectivity index (χ0v) is 14.1. The summed E-state index contributed by atoms with van der Waals surface area (Å²) in [4.78, 5) is 15.5. The second-order valence-corrected chi connectivity index (χ2v) is 6.32. The Kier molecular flexibility index (Phi) is 4.09. The molecule has 130 valence electrons. The summed E-state index contributed by atoms with van der Waals surface area (Å²) in [6, 6.07) is 13.9. The molecule has 0 amide bonds. The normalized spacial score (nSPS) is 11.2. The summed E-state index contributed by atoms with van der Waals surface area (Å²) < 4.78 is 33.1. The molecule has 4 aromatic rings. The van der Waals surface area contributed by atoms with Gasteiger partial charge in [0.05, 0.1) is 16.4 Å². The van der Waals surface area contributed by atoms with E-state index in [0.717, 1.165) is 11.6 Å². The molecule has 3 aromatic carbocycles. The minimum atomic E-state index is -0.893. The van der Waals surface area contributed by atoms with E-state index in [0.29, 0.717) is 29.0 Å². The molecule has 4 rings (SSSR count). The minimum absolute atomic E-state index is 0.120. The molecule has 0 atom stereocenters. The molecule has 1 aromatic heterocycles. The van der Waals surface area contributed by atoms with Crippen LogP contribution < -0.4 is 10.2 Å². The molecule has 1 N–H and O–H groups in total. The van der Waals surface area contributed by atoms with Gasteiger partial charge in [-0.05, 0) is 42.0 Å². The van der Waals surface area contributed by atoms with Crippen LogP contribution in [0.25, 0.3) is 21.8 Å². The van der Waals surface area contributed by atoms with Gasteiger partial charge in [-0.25, -0.2) is 8.78 Å². The molecule has 0 aliphatic carbocycles. The van der Waals surface area contributed by atoms with E-state index in [4.69, 9.17) is 16.3 Å². The molecule has 0 aliphatic heterocycles. The third-order valence-electron chi connectivity index (χ3n) is 4.11. The highest BCUT2D eigenvalue weighted by atomic mass is 35.5. The number of pyridine rings is 1. The first-order valence-electron chi connectivity index (χ1n) is 7.83. The van der Waals surface area contributed by atoms with Crippen LogP contribution in [0.4, 0.5) is 8.78 Å². The lowest BCUT2D eigenvalue weighted by Gasteiger charge is -2.09. The number of hydrogen-bond acceptors (Lipinski definition) is 2. The predicted molar refractivity (Wildman–Crippen MR) is 97.8 cm³/mol. The maximum Gasteiger partial charge on any atom is 0.200 e. The predicted octanol–water partition coefficient (Wildman–Crippen LogP) is 5.19. The summed E-state index contributed by atoms with van der Waals surface area (Å²) in [6.07, 6.45) is 0. The Morgan fingerprint density at radius 3 is 2.50 bits per heavy atom. The van der Waals surface area contributed by atoms with Crippen LogP contribution in [0.1, 0.15) is 5.56 Å². The molecule has 0 spiro atoms. The molecule has 0 fully saturated rings. The number of H-pyrrole nitrogens is 1. The van der Waals surface area contributed by atoms with E-state index < -0.39 is 17.1 Å². The van der Waals surface area contributed by atoms with Crippen LogP contribution in [0.2, 0.25) is 5.02 Å². The number of nitrogens with one attached hydrogen (secondary N) is 1. The van der Waals surface area contributed by atoms with E-state index in [-0.39, 0.29) is 16.3 Å². The van der Waals surface area contributed by atoms with Crippen molar-refractivity contribution in [3.8, 4) is 5.75 Å². The lowest BCUT2D eigenvalue weighted by atomic mass is 10.1. The first kappa shape index (κ1) is 16.5. The third kappa shape index (κ3) is 3.02. The van der Waals surface area contributed by atoms with E-state index >= 15 is 0 Å². The molecule has 1 heterocycles. The van der Waals surface area contributed by atoms with Gasteiger partial charge in [0, 0.05) is 16.5 Å². The number of fused-ring (bicyclic) bond motifs is 2. The Morgan fingerprint density at radius 1 is 0.962 bits per heavy atom. The van der Waals surface area contributed by atoms with E-state index in [1.54, 1.807) is 30.3 Å². The quantitative estimate of drug-likeness (QED) is 0.503. The number of aromatic amines is 1. The van der Waals surface area contributed by atoms with Gasteiger partial charge in [-0.1, -0.05) is 23.7 Å². The van der Waals surface area contributed by atoms with Crippen LogP contribution in [0.15, 0.2) is 59.4 Å². The van der Waals surface area contributed by atoms with E-state index in [1.165, 1.54) is 0 Å².